The van der Waals surface area contributed by atoms with Crippen LogP contribution in [0.4, 0.5) is 5.69 Å². The number of anilines is 1. The summed E-state index contributed by atoms with van der Waals surface area (Å²) in [7, 11) is 5.62. The van der Waals surface area contributed by atoms with Crippen LogP contribution in [-0.4, -0.2) is 44.2 Å². The fourth-order valence-electron chi connectivity index (χ4n) is 3.67. The lowest BCUT2D eigenvalue weighted by Gasteiger charge is -2.55. The first-order chi connectivity index (χ1) is 10.5. The van der Waals surface area contributed by atoms with Crippen LogP contribution in [0.3, 0.4) is 0 Å². The summed E-state index contributed by atoms with van der Waals surface area (Å²) in [6, 6.07) is 2.02. The third-order valence-corrected chi connectivity index (χ3v) is 5.22. The number of nitrogens with one attached hydrogen (secondary N) is 1. The summed E-state index contributed by atoms with van der Waals surface area (Å²) in [4.78, 5) is 18.7. The molecular formula is C17H27N3O2. The van der Waals surface area contributed by atoms with Crippen LogP contribution in [0.5, 0.6) is 0 Å². The second-order valence-electron chi connectivity index (χ2n) is 6.21. The molecule has 122 valence electrons. The van der Waals surface area contributed by atoms with Gasteiger partial charge in [0.2, 0.25) is 0 Å². The van der Waals surface area contributed by atoms with E-state index in [9.17, 15) is 4.79 Å². The van der Waals surface area contributed by atoms with Crippen molar-refractivity contribution in [3.05, 3.63) is 24.0 Å². The van der Waals surface area contributed by atoms with Crippen LogP contribution >= 0.6 is 0 Å². The van der Waals surface area contributed by atoms with Gasteiger partial charge in [-0.2, -0.15) is 0 Å². The summed E-state index contributed by atoms with van der Waals surface area (Å²) >= 11 is 0. The van der Waals surface area contributed by atoms with Crippen LogP contribution in [0.1, 0.15) is 43.5 Å². The molecule has 1 aliphatic carbocycles. The van der Waals surface area contributed by atoms with Crippen LogP contribution in [0.25, 0.3) is 0 Å². The molecule has 1 aromatic heterocycles. The molecule has 1 saturated carbocycles. The van der Waals surface area contributed by atoms with E-state index in [-0.39, 0.29) is 23.5 Å². The van der Waals surface area contributed by atoms with Crippen molar-refractivity contribution >= 4 is 11.6 Å². The van der Waals surface area contributed by atoms with Crippen molar-refractivity contribution in [3.8, 4) is 0 Å². The van der Waals surface area contributed by atoms with Gasteiger partial charge in [0.25, 0.3) is 5.91 Å². The summed E-state index contributed by atoms with van der Waals surface area (Å²) in [6.07, 6.45) is 6.45. The molecule has 1 heterocycles. The first-order valence-electron chi connectivity index (χ1n) is 7.95. The molecule has 5 nitrogen and oxygen atoms in total. The standard InChI is InChI=1S/C17H27N3O2/c1-6-17(7-2)14(10-15(17)22-5)19-16(21)12-11-18-9-8-13(12)20(3)4/h8-9,11,14-15H,6-7,10H2,1-5H3,(H,19,21). The number of methoxy groups -OCH3 is 1. The van der Waals surface area contributed by atoms with Crippen molar-refractivity contribution < 1.29 is 9.53 Å². The quantitative estimate of drug-likeness (QED) is 0.877. The van der Waals surface area contributed by atoms with Gasteiger partial charge in [-0.3, -0.25) is 9.78 Å². The second-order valence-corrected chi connectivity index (χ2v) is 6.21. The van der Waals surface area contributed by atoms with Gasteiger partial charge < -0.3 is 15.0 Å². The number of pyridine rings is 1. The highest BCUT2D eigenvalue weighted by molar-refractivity contribution is 5.99. The third-order valence-electron chi connectivity index (χ3n) is 5.22. The maximum atomic E-state index is 12.7. The highest BCUT2D eigenvalue weighted by Crippen LogP contribution is 2.48. The minimum absolute atomic E-state index is 0.0465. The van der Waals surface area contributed by atoms with Crippen molar-refractivity contribution in [1.82, 2.24) is 10.3 Å². The molecule has 5 heteroatoms. The summed E-state index contributed by atoms with van der Waals surface area (Å²) in [5, 5.41) is 3.20. The second kappa shape index (κ2) is 6.65. The van der Waals surface area contributed by atoms with E-state index < -0.39 is 0 Å². The molecule has 22 heavy (non-hydrogen) atoms. The molecule has 2 unspecified atom stereocenters. The number of ether oxygens (including phenoxy) is 1. The third kappa shape index (κ3) is 2.70. The Bertz CT molecular complexity index is 526. The minimum Gasteiger partial charge on any atom is -0.381 e. The largest absolute Gasteiger partial charge is 0.381 e. The number of hydrogen-bond donors (Lipinski definition) is 1. The predicted molar refractivity (Wildman–Crippen MR) is 88.2 cm³/mol. The van der Waals surface area contributed by atoms with Crippen molar-refractivity contribution in [2.75, 3.05) is 26.1 Å². The lowest BCUT2D eigenvalue weighted by molar-refractivity contribution is -0.120. The SMILES string of the molecule is CCC1(CC)C(NC(=O)c2cnccc2N(C)C)CC1OC. The van der Waals surface area contributed by atoms with Gasteiger partial charge in [0.15, 0.2) is 0 Å². The van der Waals surface area contributed by atoms with Crippen molar-refractivity contribution in [1.29, 1.82) is 0 Å². The molecule has 0 aromatic carbocycles. The molecule has 1 aliphatic rings. The van der Waals surface area contributed by atoms with Crippen LogP contribution in [-0.2, 0) is 4.74 Å². The van der Waals surface area contributed by atoms with Crippen LogP contribution in [0, 0.1) is 5.41 Å². The van der Waals surface area contributed by atoms with Gasteiger partial charge in [-0.25, -0.2) is 0 Å². The monoisotopic (exact) mass is 305 g/mol. The average molecular weight is 305 g/mol. The summed E-state index contributed by atoms with van der Waals surface area (Å²) < 4.78 is 5.59. The molecule has 0 saturated heterocycles. The number of hydrogen-bond acceptors (Lipinski definition) is 4. The topological polar surface area (TPSA) is 54.5 Å². The molecule has 0 spiro atoms. The van der Waals surface area contributed by atoms with Crippen molar-refractivity contribution in [2.24, 2.45) is 5.41 Å². The molecular weight excluding hydrogens is 278 g/mol. The molecule has 2 atom stereocenters. The number of amides is 1. The Kier molecular flexibility index (Phi) is 5.06. The maximum Gasteiger partial charge on any atom is 0.255 e. The predicted octanol–water partition coefficient (Wildman–Crippen LogP) is 2.47. The number of aromatic nitrogens is 1. The van der Waals surface area contributed by atoms with E-state index in [1.54, 1.807) is 19.5 Å². The fraction of sp³-hybridized carbons (Fsp3) is 0.647. The van der Waals surface area contributed by atoms with Crippen LogP contribution in [0.2, 0.25) is 0 Å². The van der Waals surface area contributed by atoms with Gasteiger partial charge in [-0.1, -0.05) is 13.8 Å². The van der Waals surface area contributed by atoms with E-state index >= 15 is 0 Å². The normalized spacial score (nSPS) is 22.8. The lowest BCUT2D eigenvalue weighted by atomic mass is 9.58. The Balaban J connectivity index is 2.17. The first-order valence-corrected chi connectivity index (χ1v) is 7.95. The highest BCUT2D eigenvalue weighted by atomic mass is 16.5. The summed E-state index contributed by atoms with van der Waals surface area (Å²) in [5.74, 6) is -0.0531. The van der Waals surface area contributed by atoms with Gasteiger partial charge in [0.1, 0.15) is 0 Å². The molecule has 0 aliphatic heterocycles. The lowest BCUT2D eigenvalue weighted by Crippen LogP contribution is -2.64. The van der Waals surface area contributed by atoms with E-state index in [4.69, 9.17) is 4.74 Å². The van der Waals surface area contributed by atoms with Gasteiger partial charge in [-0.15, -0.1) is 0 Å². The molecule has 1 N–H and O–H groups in total. The fourth-order valence-corrected chi connectivity index (χ4v) is 3.67. The van der Waals surface area contributed by atoms with E-state index in [0.717, 1.165) is 24.9 Å². The number of carbonyl (C=O) groups is 1. The molecule has 0 radical (unpaired) electrons. The number of nitrogens with zero attached hydrogens (tertiary/aromatic N) is 2. The van der Waals surface area contributed by atoms with Crippen LogP contribution in [0.15, 0.2) is 18.5 Å². The smallest absolute Gasteiger partial charge is 0.255 e. The number of carbonyl (C=O) groups excluding carboxylic acids is 1. The van der Waals surface area contributed by atoms with Gasteiger partial charge >= 0.3 is 0 Å². The van der Waals surface area contributed by atoms with E-state index in [0.29, 0.717) is 5.56 Å². The Morgan fingerprint density at radius 3 is 2.68 bits per heavy atom. The minimum atomic E-state index is -0.0531. The molecule has 1 amide bonds. The van der Waals surface area contributed by atoms with E-state index in [1.807, 2.05) is 25.1 Å². The molecule has 2 rings (SSSR count). The zero-order valence-corrected chi connectivity index (χ0v) is 14.2. The number of rotatable bonds is 6. The highest BCUT2D eigenvalue weighted by Gasteiger charge is 2.53. The Labute approximate surface area is 133 Å². The van der Waals surface area contributed by atoms with Crippen molar-refractivity contribution in [2.45, 2.75) is 45.3 Å². The summed E-state index contributed by atoms with van der Waals surface area (Å²) in [5.41, 5.74) is 1.55. The van der Waals surface area contributed by atoms with Crippen molar-refractivity contribution in [3.63, 3.8) is 0 Å². The van der Waals surface area contributed by atoms with E-state index in [1.165, 1.54) is 0 Å². The van der Waals surface area contributed by atoms with Gasteiger partial charge in [0.05, 0.1) is 17.4 Å². The Morgan fingerprint density at radius 2 is 2.14 bits per heavy atom. The average Bonchev–Trinajstić information content (AvgIpc) is 2.52. The molecule has 0 bridgehead atoms. The zero-order chi connectivity index (χ0) is 16.3. The van der Waals surface area contributed by atoms with Gasteiger partial charge in [-0.05, 0) is 25.3 Å². The maximum absolute atomic E-state index is 12.7. The first kappa shape index (κ1) is 16.7. The molecule has 1 fully saturated rings. The Morgan fingerprint density at radius 1 is 1.45 bits per heavy atom. The molecule has 1 aromatic rings. The zero-order valence-electron chi connectivity index (χ0n) is 14.2. The Hall–Kier alpha value is -1.62. The summed E-state index contributed by atoms with van der Waals surface area (Å²) in [6.45, 7) is 4.34. The van der Waals surface area contributed by atoms with Gasteiger partial charge in [0, 0.05) is 45.1 Å². The van der Waals surface area contributed by atoms with Crippen LogP contribution < -0.4 is 10.2 Å². The van der Waals surface area contributed by atoms with E-state index in [2.05, 4.69) is 24.1 Å².